The molecule has 1 unspecified atom stereocenters. The van der Waals surface area contributed by atoms with Gasteiger partial charge in [-0.2, -0.15) is 0 Å². The zero-order chi connectivity index (χ0) is 15.8. The summed E-state index contributed by atoms with van der Waals surface area (Å²) in [4.78, 5) is 16.4. The molecule has 0 radical (unpaired) electrons. The molecule has 2 rings (SSSR count). The molecule has 118 valence electrons. The van der Waals surface area contributed by atoms with Crippen molar-refractivity contribution in [1.29, 1.82) is 0 Å². The highest BCUT2D eigenvalue weighted by molar-refractivity contribution is 7.09. The van der Waals surface area contributed by atoms with E-state index >= 15 is 0 Å². The molecule has 0 aliphatic carbocycles. The molecule has 0 saturated carbocycles. The van der Waals surface area contributed by atoms with E-state index in [9.17, 15) is 4.79 Å². The summed E-state index contributed by atoms with van der Waals surface area (Å²) in [6.45, 7) is 2.77. The molecule has 0 aliphatic heterocycles. The monoisotopic (exact) mass is 318 g/mol. The molecule has 4 nitrogen and oxygen atoms in total. The van der Waals surface area contributed by atoms with Crippen LogP contribution in [0.25, 0.3) is 0 Å². The predicted octanol–water partition coefficient (Wildman–Crippen LogP) is 2.41. The number of carbonyl (C=O) groups is 1. The maximum atomic E-state index is 11.9. The number of benzene rings is 1. The standard InChI is InChI=1S/C17H22N2O2S/c1-13(7-8-20)11-18-16(21)10-15-12-22-17(19-15)9-14-5-3-2-4-6-14/h2-6,12-13,20H,7-11H2,1H3,(H,18,21). The van der Waals surface area contributed by atoms with Crippen LogP contribution in [-0.4, -0.2) is 29.1 Å². The van der Waals surface area contributed by atoms with Gasteiger partial charge in [-0.05, 0) is 17.9 Å². The lowest BCUT2D eigenvalue weighted by molar-refractivity contribution is -0.120. The summed E-state index contributed by atoms with van der Waals surface area (Å²) in [5.74, 6) is 0.277. The first kappa shape index (κ1) is 16.6. The van der Waals surface area contributed by atoms with Crippen LogP contribution in [0.15, 0.2) is 35.7 Å². The Balaban J connectivity index is 1.80. The van der Waals surface area contributed by atoms with Crippen molar-refractivity contribution < 1.29 is 9.90 Å². The maximum Gasteiger partial charge on any atom is 0.226 e. The molecule has 1 atom stereocenters. The van der Waals surface area contributed by atoms with Gasteiger partial charge in [0.2, 0.25) is 5.91 Å². The Kier molecular flexibility index (Phi) is 6.55. The third-order valence-corrected chi connectivity index (χ3v) is 4.31. The van der Waals surface area contributed by atoms with E-state index in [2.05, 4.69) is 22.4 Å². The van der Waals surface area contributed by atoms with Crippen molar-refractivity contribution in [1.82, 2.24) is 10.3 Å². The SMILES string of the molecule is CC(CCO)CNC(=O)Cc1csc(Cc2ccccc2)n1. The van der Waals surface area contributed by atoms with Gasteiger partial charge in [-0.25, -0.2) is 4.98 Å². The summed E-state index contributed by atoms with van der Waals surface area (Å²) < 4.78 is 0. The average Bonchev–Trinajstić information content (AvgIpc) is 2.93. The van der Waals surface area contributed by atoms with Crippen LogP contribution in [0.3, 0.4) is 0 Å². The Morgan fingerprint density at radius 2 is 2.14 bits per heavy atom. The van der Waals surface area contributed by atoms with E-state index in [1.54, 1.807) is 11.3 Å². The van der Waals surface area contributed by atoms with Crippen molar-refractivity contribution in [2.45, 2.75) is 26.2 Å². The number of aliphatic hydroxyl groups excluding tert-OH is 1. The highest BCUT2D eigenvalue weighted by atomic mass is 32.1. The average molecular weight is 318 g/mol. The number of hydrogen-bond donors (Lipinski definition) is 2. The Bertz CT molecular complexity index is 583. The fourth-order valence-electron chi connectivity index (χ4n) is 2.12. The summed E-state index contributed by atoms with van der Waals surface area (Å²) in [5.41, 5.74) is 2.05. The minimum atomic E-state index is -0.0126. The van der Waals surface area contributed by atoms with Crippen molar-refractivity contribution in [3.8, 4) is 0 Å². The van der Waals surface area contributed by atoms with E-state index in [4.69, 9.17) is 5.11 Å². The van der Waals surface area contributed by atoms with Crippen molar-refractivity contribution in [2.24, 2.45) is 5.92 Å². The molecule has 1 heterocycles. The van der Waals surface area contributed by atoms with Crippen LogP contribution in [-0.2, 0) is 17.6 Å². The number of aromatic nitrogens is 1. The Hall–Kier alpha value is -1.72. The molecule has 1 aromatic heterocycles. The topological polar surface area (TPSA) is 62.2 Å². The summed E-state index contributed by atoms with van der Waals surface area (Å²) in [5, 5.41) is 14.7. The smallest absolute Gasteiger partial charge is 0.226 e. The van der Waals surface area contributed by atoms with E-state index in [0.29, 0.717) is 19.4 Å². The van der Waals surface area contributed by atoms with E-state index in [1.165, 1.54) is 5.56 Å². The van der Waals surface area contributed by atoms with Crippen LogP contribution in [0.1, 0.15) is 29.6 Å². The Labute approximate surface area is 135 Å². The molecule has 1 amide bonds. The number of thiazole rings is 1. The number of amides is 1. The molecule has 1 aromatic carbocycles. The minimum Gasteiger partial charge on any atom is -0.396 e. The molecule has 22 heavy (non-hydrogen) atoms. The van der Waals surface area contributed by atoms with Crippen LogP contribution in [0.4, 0.5) is 0 Å². The lowest BCUT2D eigenvalue weighted by Crippen LogP contribution is -2.30. The molecule has 0 bridgehead atoms. The minimum absolute atomic E-state index is 0.0126. The van der Waals surface area contributed by atoms with Crippen molar-refractivity contribution in [3.05, 3.63) is 52.0 Å². The number of nitrogens with one attached hydrogen (secondary N) is 1. The predicted molar refractivity (Wildman–Crippen MR) is 88.9 cm³/mol. The first-order valence-corrected chi connectivity index (χ1v) is 8.40. The van der Waals surface area contributed by atoms with E-state index < -0.39 is 0 Å². The molecular weight excluding hydrogens is 296 g/mol. The highest BCUT2D eigenvalue weighted by Gasteiger charge is 2.09. The fourth-order valence-corrected chi connectivity index (χ4v) is 2.95. The number of hydrogen-bond acceptors (Lipinski definition) is 4. The van der Waals surface area contributed by atoms with Gasteiger partial charge < -0.3 is 10.4 Å². The summed E-state index contributed by atoms with van der Waals surface area (Å²) in [6.07, 6.45) is 1.83. The van der Waals surface area contributed by atoms with Gasteiger partial charge in [0.05, 0.1) is 17.1 Å². The molecule has 2 N–H and O–H groups in total. The molecular formula is C17H22N2O2S. The fraction of sp³-hybridized carbons (Fsp3) is 0.412. The molecule has 2 aromatic rings. The van der Waals surface area contributed by atoms with Crippen LogP contribution >= 0.6 is 11.3 Å². The second-order valence-electron chi connectivity index (χ2n) is 5.49. The quantitative estimate of drug-likeness (QED) is 0.786. The van der Waals surface area contributed by atoms with Gasteiger partial charge >= 0.3 is 0 Å². The second-order valence-corrected chi connectivity index (χ2v) is 6.44. The van der Waals surface area contributed by atoms with Gasteiger partial charge in [0.25, 0.3) is 0 Å². The molecule has 0 aliphatic rings. The number of rotatable bonds is 8. The third kappa shape index (κ3) is 5.58. The first-order chi connectivity index (χ1) is 10.7. The third-order valence-electron chi connectivity index (χ3n) is 3.41. The molecule has 5 heteroatoms. The highest BCUT2D eigenvalue weighted by Crippen LogP contribution is 2.15. The van der Waals surface area contributed by atoms with Gasteiger partial charge in [-0.1, -0.05) is 37.3 Å². The Morgan fingerprint density at radius 3 is 2.86 bits per heavy atom. The first-order valence-electron chi connectivity index (χ1n) is 7.52. The van der Waals surface area contributed by atoms with Crippen molar-refractivity contribution in [3.63, 3.8) is 0 Å². The van der Waals surface area contributed by atoms with Gasteiger partial charge in [-0.3, -0.25) is 4.79 Å². The zero-order valence-corrected chi connectivity index (χ0v) is 13.6. The lowest BCUT2D eigenvalue weighted by Gasteiger charge is -2.10. The van der Waals surface area contributed by atoms with Crippen LogP contribution in [0.5, 0.6) is 0 Å². The molecule has 0 spiro atoms. The summed E-state index contributed by atoms with van der Waals surface area (Å²) in [6, 6.07) is 10.2. The van der Waals surface area contributed by atoms with Gasteiger partial charge in [-0.15, -0.1) is 11.3 Å². The van der Waals surface area contributed by atoms with Gasteiger partial charge in [0.15, 0.2) is 0 Å². The maximum absolute atomic E-state index is 11.9. The van der Waals surface area contributed by atoms with E-state index in [1.807, 2.05) is 30.5 Å². The Morgan fingerprint density at radius 1 is 1.36 bits per heavy atom. The van der Waals surface area contributed by atoms with Gasteiger partial charge in [0, 0.05) is 25.0 Å². The van der Waals surface area contributed by atoms with Crippen LogP contribution in [0.2, 0.25) is 0 Å². The summed E-state index contributed by atoms with van der Waals surface area (Å²) in [7, 11) is 0. The summed E-state index contributed by atoms with van der Waals surface area (Å²) >= 11 is 1.59. The van der Waals surface area contributed by atoms with Crippen molar-refractivity contribution >= 4 is 17.2 Å². The van der Waals surface area contributed by atoms with E-state index in [0.717, 1.165) is 17.1 Å². The van der Waals surface area contributed by atoms with Gasteiger partial charge in [0.1, 0.15) is 0 Å². The zero-order valence-electron chi connectivity index (χ0n) is 12.8. The van der Waals surface area contributed by atoms with Crippen LogP contribution in [0, 0.1) is 5.92 Å². The second kappa shape index (κ2) is 8.66. The lowest BCUT2D eigenvalue weighted by atomic mass is 10.1. The normalized spacial score (nSPS) is 12.1. The van der Waals surface area contributed by atoms with Crippen LogP contribution < -0.4 is 5.32 Å². The number of nitrogens with zero attached hydrogens (tertiary/aromatic N) is 1. The van der Waals surface area contributed by atoms with Crippen molar-refractivity contribution in [2.75, 3.05) is 13.2 Å². The number of aliphatic hydroxyl groups is 1. The molecule has 0 fully saturated rings. The number of carbonyl (C=O) groups excluding carboxylic acids is 1. The van der Waals surface area contributed by atoms with E-state index in [-0.39, 0.29) is 18.4 Å². The molecule has 0 saturated heterocycles. The largest absolute Gasteiger partial charge is 0.396 e.